The van der Waals surface area contributed by atoms with Gasteiger partial charge in [-0.15, -0.1) is 0 Å². The summed E-state index contributed by atoms with van der Waals surface area (Å²) in [7, 11) is 0.450. The molecule has 0 aliphatic heterocycles. The molecule has 0 amide bonds. The molecule has 0 atom stereocenters. The molecule has 1 N–H and O–H groups in total. The van der Waals surface area contributed by atoms with Crippen LogP contribution in [0.2, 0.25) is 0 Å². The Kier molecular flexibility index (Phi) is 5.55. The first kappa shape index (κ1) is 19.4. The maximum absolute atomic E-state index is 10.3. The number of benzene rings is 3. The van der Waals surface area contributed by atoms with Crippen molar-refractivity contribution in [2.24, 2.45) is 0 Å². The summed E-state index contributed by atoms with van der Waals surface area (Å²) < 4.78 is 6.07. The molecular formula is C24H27BO2. The van der Waals surface area contributed by atoms with E-state index in [1.807, 2.05) is 26.0 Å². The second kappa shape index (κ2) is 7.71. The topological polar surface area (TPSA) is 29.5 Å². The Labute approximate surface area is 163 Å². The van der Waals surface area contributed by atoms with Crippen LogP contribution in [0.5, 0.6) is 0 Å². The maximum atomic E-state index is 10.3. The van der Waals surface area contributed by atoms with Crippen LogP contribution in [0.15, 0.2) is 78.9 Å². The van der Waals surface area contributed by atoms with E-state index in [4.69, 9.17) is 4.65 Å². The fourth-order valence-corrected chi connectivity index (χ4v) is 2.85. The van der Waals surface area contributed by atoms with Gasteiger partial charge in [-0.2, -0.15) is 0 Å². The third-order valence-electron chi connectivity index (χ3n) is 5.33. The molecule has 0 saturated heterocycles. The Morgan fingerprint density at radius 2 is 1.22 bits per heavy atom. The second-order valence-electron chi connectivity index (χ2n) is 7.97. The van der Waals surface area contributed by atoms with E-state index >= 15 is 0 Å². The summed E-state index contributed by atoms with van der Waals surface area (Å²) >= 11 is 0. The van der Waals surface area contributed by atoms with Crippen molar-refractivity contribution in [3.8, 4) is 22.3 Å². The van der Waals surface area contributed by atoms with Gasteiger partial charge in [0.2, 0.25) is 0 Å². The predicted octanol–water partition coefficient (Wildman–Crippen LogP) is 4.56. The van der Waals surface area contributed by atoms with Crippen LogP contribution in [0, 0.1) is 0 Å². The van der Waals surface area contributed by atoms with Crippen molar-refractivity contribution in [3.05, 3.63) is 78.9 Å². The number of rotatable bonds is 6. The van der Waals surface area contributed by atoms with Gasteiger partial charge >= 0.3 is 7.48 Å². The third kappa shape index (κ3) is 4.49. The van der Waals surface area contributed by atoms with E-state index in [9.17, 15) is 5.11 Å². The molecule has 0 heterocycles. The van der Waals surface area contributed by atoms with Crippen molar-refractivity contribution in [1.29, 1.82) is 0 Å². The van der Waals surface area contributed by atoms with Gasteiger partial charge in [-0.1, -0.05) is 84.3 Å². The molecule has 0 unspecified atom stereocenters. The van der Waals surface area contributed by atoms with E-state index in [0.717, 1.165) is 5.46 Å². The zero-order valence-corrected chi connectivity index (χ0v) is 16.6. The summed E-state index contributed by atoms with van der Waals surface area (Å²) in [6.07, 6.45) is 0. The van der Waals surface area contributed by atoms with Crippen molar-refractivity contribution in [1.82, 2.24) is 0 Å². The van der Waals surface area contributed by atoms with E-state index in [1.54, 1.807) is 13.8 Å². The number of aliphatic hydroxyl groups is 1. The minimum Gasteiger partial charge on any atom is -0.427 e. The summed E-state index contributed by atoms with van der Waals surface area (Å²) in [4.78, 5) is 0. The van der Waals surface area contributed by atoms with Gasteiger partial charge in [0.1, 0.15) is 0 Å². The third-order valence-corrected chi connectivity index (χ3v) is 5.33. The largest absolute Gasteiger partial charge is 0.427 e. The van der Waals surface area contributed by atoms with E-state index in [0.29, 0.717) is 7.48 Å². The standard InChI is InChI=1S/C24H27BO2/c1-23(2,26)24(3,4)27-25-20-15-16-21(18-11-7-5-8-12-18)22(17-20)19-13-9-6-10-14-19/h5-17,25-26H,1-4H3. The van der Waals surface area contributed by atoms with Crippen LogP contribution < -0.4 is 5.46 Å². The molecule has 0 radical (unpaired) electrons. The lowest BCUT2D eigenvalue weighted by Crippen LogP contribution is -2.49. The molecule has 0 saturated carbocycles. The minimum absolute atomic E-state index is 0.450. The van der Waals surface area contributed by atoms with Gasteiger partial charge in [-0.05, 0) is 49.9 Å². The van der Waals surface area contributed by atoms with Crippen LogP contribution in [-0.2, 0) is 4.65 Å². The Morgan fingerprint density at radius 3 is 1.74 bits per heavy atom. The summed E-state index contributed by atoms with van der Waals surface area (Å²) in [5.41, 5.74) is 4.29. The summed E-state index contributed by atoms with van der Waals surface area (Å²) in [5, 5.41) is 10.3. The lowest BCUT2D eigenvalue weighted by Gasteiger charge is -2.37. The second-order valence-corrected chi connectivity index (χ2v) is 7.97. The molecule has 3 aromatic rings. The van der Waals surface area contributed by atoms with Crippen LogP contribution >= 0.6 is 0 Å². The molecule has 27 heavy (non-hydrogen) atoms. The van der Waals surface area contributed by atoms with Gasteiger partial charge in [-0.25, -0.2) is 0 Å². The van der Waals surface area contributed by atoms with Crippen molar-refractivity contribution < 1.29 is 9.76 Å². The van der Waals surface area contributed by atoms with Gasteiger partial charge in [0.25, 0.3) is 0 Å². The first-order chi connectivity index (χ1) is 12.8. The average Bonchev–Trinajstić information content (AvgIpc) is 2.67. The molecule has 0 fully saturated rings. The first-order valence-corrected chi connectivity index (χ1v) is 9.38. The van der Waals surface area contributed by atoms with Crippen molar-refractivity contribution in [2.45, 2.75) is 38.9 Å². The predicted molar refractivity (Wildman–Crippen MR) is 116 cm³/mol. The van der Waals surface area contributed by atoms with Gasteiger partial charge in [0.05, 0.1) is 11.2 Å². The highest BCUT2D eigenvalue weighted by Crippen LogP contribution is 2.31. The zero-order valence-electron chi connectivity index (χ0n) is 16.6. The Hall–Kier alpha value is -2.36. The first-order valence-electron chi connectivity index (χ1n) is 9.38. The van der Waals surface area contributed by atoms with Crippen LogP contribution in [0.3, 0.4) is 0 Å². The Bertz CT molecular complexity index is 881. The number of hydrogen-bond acceptors (Lipinski definition) is 2. The lowest BCUT2D eigenvalue weighted by atomic mass is 9.80. The molecule has 3 aromatic carbocycles. The van der Waals surface area contributed by atoms with Crippen LogP contribution in [0.25, 0.3) is 22.3 Å². The Balaban J connectivity index is 1.97. The highest BCUT2D eigenvalue weighted by Gasteiger charge is 2.35. The summed E-state index contributed by atoms with van der Waals surface area (Å²) in [6, 6.07) is 27.3. The fraction of sp³-hybridized carbons (Fsp3) is 0.250. The molecule has 0 aliphatic carbocycles. The van der Waals surface area contributed by atoms with Crippen LogP contribution in [0.1, 0.15) is 27.7 Å². The van der Waals surface area contributed by atoms with E-state index in [1.165, 1.54) is 22.3 Å². The fourth-order valence-electron chi connectivity index (χ4n) is 2.85. The van der Waals surface area contributed by atoms with Gasteiger partial charge in [-0.3, -0.25) is 0 Å². The molecular weight excluding hydrogens is 331 g/mol. The highest BCUT2D eigenvalue weighted by atomic mass is 16.5. The van der Waals surface area contributed by atoms with Crippen molar-refractivity contribution in [2.75, 3.05) is 0 Å². The smallest absolute Gasteiger partial charge is 0.309 e. The molecule has 3 rings (SSSR count). The molecule has 0 spiro atoms. The van der Waals surface area contributed by atoms with Crippen molar-refractivity contribution in [3.63, 3.8) is 0 Å². The summed E-state index contributed by atoms with van der Waals surface area (Å²) in [5.74, 6) is 0. The van der Waals surface area contributed by atoms with Gasteiger partial charge in [0.15, 0.2) is 0 Å². The molecule has 0 aromatic heterocycles. The zero-order chi connectivity index (χ0) is 19.5. The minimum atomic E-state index is -0.917. The number of hydrogen-bond donors (Lipinski definition) is 1. The van der Waals surface area contributed by atoms with E-state index in [2.05, 4.69) is 66.7 Å². The van der Waals surface area contributed by atoms with Crippen LogP contribution in [-0.4, -0.2) is 23.8 Å². The molecule has 138 valence electrons. The Morgan fingerprint density at radius 1 is 0.704 bits per heavy atom. The van der Waals surface area contributed by atoms with E-state index in [-0.39, 0.29) is 0 Å². The quantitative estimate of drug-likeness (QED) is 0.655. The SMILES string of the molecule is CC(C)(O)C(C)(C)OBc1ccc(-c2ccccc2)c(-c2ccccc2)c1. The molecule has 0 bridgehead atoms. The maximum Gasteiger partial charge on any atom is 0.309 e. The monoisotopic (exact) mass is 358 g/mol. The van der Waals surface area contributed by atoms with Gasteiger partial charge in [0, 0.05) is 0 Å². The molecule has 0 aliphatic rings. The van der Waals surface area contributed by atoms with Crippen LogP contribution in [0.4, 0.5) is 0 Å². The highest BCUT2D eigenvalue weighted by molar-refractivity contribution is 6.47. The van der Waals surface area contributed by atoms with Crippen molar-refractivity contribution >= 4 is 12.9 Å². The summed E-state index contributed by atoms with van der Waals surface area (Å²) in [6.45, 7) is 7.40. The van der Waals surface area contributed by atoms with Gasteiger partial charge < -0.3 is 9.76 Å². The van der Waals surface area contributed by atoms with E-state index < -0.39 is 11.2 Å². The molecule has 3 heteroatoms. The normalized spacial score (nSPS) is 12.0. The average molecular weight is 358 g/mol. The lowest BCUT2D eigenvalue weighted by molar-refractivity contribution is -0.0893. The molecule has 2 nitrogen and oxygen atoms in total.